The first kappa shape index (κ1) is 19.8. The zero-order chi connectivity index (χ0) is 19.3. The van der Waals surface area contributed by atoms with Gasteiger partial charge in [0.2, 0.25) is 0 Å². The number of H-pyrrole nitrogens is 1. The Labute approximate surface area is 150 Å². The summed E-state index contributed by atoms with van der Waals surface area (Å²) < 4.78 is 48.5. The monoisotopic (exact) mass is 371 g/mol. The molecular weight excluding hydrogens is 347 g/mol. The van der Waals surface area contributed by atoms with E-state index in [2.05, 4.69) is 10.3 Å². The van der Waals surface area contributed by atoms with Gasteiger partial charge in [0.1, 0.15) is 12.7 Å². The Bertz CT molecular complexity index is 719. The number of nitrogens with one attached hydrogen (secondary N) is 3. The first-order valence-electron chi connectivity index (χ1n) is 8.11. The molecule has 0 radical (unpaired) electrons. The lowest BCUT2D eigenvalue weighted by atomic mass is 10.0. The van der Waals surface area contributed by atoms with Crippen LogP contribution in [0.15, 0.2) is 36.5 Å². The fraction of sp³-hybridized carbons (Fsp3) is 0.389. The van der Waals surface area contributed by atoms with E-state index in [1.54, 1.807) is 14.2 Å². The van der Waals surface area contributed by atoms with E-state index in [4.69, 9.17) is 9.47 Å². The molecule has 1 aromatic carbocycles. The Kier molecular flexibility index (Phi) is 6.31. The van der Waals surface area contributed by atoms with Crippen molar-refractivity contribution in [1.29, 1.82) is 0 Å². The van der Waals surface area contributed by atoms with Crippen LogP contribution in [0.2, 0.25) is 0 Å². The van der Waals surface area contributed by atoms with Crippen LogP contribution in [-0.2, 0) is 6.18 Å². The third-order valence-electron chi connectivity index (χ3n) is 4.14. The summed E-state index contributed by atoms with van der Waals surface area (Å²) >= 11 is 0. The van der Waals surface area contributed by atoms with E-state index in [9.17, 15) is 13.2 Å². The number of likely N-dealkylation sites (N-methyl/N-ethyl adjacent to an activating group) is 1. The van der Waals surface area contributed by atoms with Crippen LogP contribution in [0, 0.1) is 0 Å². The standard InChI is InChI=1S/C18H22F3N3O2/c1-24(2)14(12-5-7-15(25-3)16(9-12)26-4)11-23-17-8-6-13(10-22-17)18(19,20)21/h5-10,14H,11H2,1-4H3,(H,22,23)/p+2/t14-/m1/s1. The van der Waals surface area contributed by atoms with Gasteiger partial charge in [-0.1, -0.05) is 0 Å². The fourth-order valence-corrected chi connectivity index (χ4v) is 2.65. The Hall–Kier alpha value is -2.48. The maximum Gasteiger partial charge on any atom is 0.419 e. The van der Waals surface area contributed by atoms with Crippen molar-refractivity contribution in [3.05, 3.63) is 47.7 Å². The van der Waals surface area contributed by atoms with Gasteiger partial charge in [0.25, 0.3) is 5.82 Å². The fourth-order valence-electron chi connectivity index (χ4n) is 2.65. The van der Waals surface area contributed by atoms with Crippen molar-refractivity contribution in [2.45, 2.75) is 12.2 Å². The second-order valence-electron chi connectivity index (χ2n) is 6.11. The van der Waals surface area contributed by atoms with E-state index in [1.807, 2.05) is 32.3 Å². The lowest BCUT2D eigenvalue weighted by molar-refractivity contribution is -0.890. The number of methoxy groups -OCH3 is 2. The molecule has 2 rings (SSSR count). The molecule has 0 fully saturated rings. The second-order valence-corrected chi connectivity index (χ2v) is 6.11. The molecule has 1 heterocycles. The van der Waals surface area contributed by atoms with Gasteiger partial charge < -0.3 is 14.4 Å². The van der Waals surface area contributed by atoms with Gasteiger partial charge in [-0.15, -0.1) is 0 Å². The third-order valence-corrected chi connectivity index (χ3v) is 4.14. The number of benzene rings is 1. The molecule has 2 aromatic rings. The van der Waals surface area contributed by atoms with Crippen LogP contribution in [-0.4, -0.2) is 34.9 Å². The highest BCUT2D eigenvalue weighted by atomic mass is 19.4. The summed E-state index contributed by atoms with van der Waals surface area (Å²) in [6.45, 7) is 0.527. The maximum atomic E-state index is 12.6. The third kappa shape index (κ3) is 4.78. The average molecular weight is 371 g/mol. The molecular formula is C18H24F3N3O2+2. The van der Waals surface area contributed by atoms with Gasteiger partial charge in [0, 0.05) is 11.6 Å². The van der Waals surface area contributed by atoms with Crippen LogP contribution in [0.1, 0.15) is 17.2 Å². The minimum absolute atomic E-state index is 0.0606. The molecule has 1 atom stereocenters. The minimum atomic E-state index is -4.36. The van der Waals surface area contributed by atoms with E-state index >= 15 is 0 Å². The normalized spacial score (nSPS) is 12.8. The molecule has 0 spiro atoms. The van der Waals surface area contributed by atoms with Gasteiger partial charge in [-0.3, -0.25) is 5.32 Å². The number of alkyl halides is 3. The number of rotatable bonds is 7. The first-order valence-corrected chi connectivity index (χ1v) is 8.11. The van der Waals surface area contributed by atoms with Crippen LogP contribution in [0.5, 0.6) is 11.5 Å². The van der Waals surface area contributed by atoms with Crippen LogP contribution >= 0.6 is 0 Å². The summed E-state index contributed by atoms with van der Waals surface area (Å²) in [5.74, 6) is 1.80. The van der Waals surface area contributed by atoms with Crippen LogP contribution in [0.4, 0.5) is 19.0 Å². The van der Waals surface area contributed by atoms with E-state index in [0.29, 0.717) is 23.9 Å². The Morgan fingerprint density at radius 1 is 1.08 bits per heavy atom. The van der Waals surface area contributed by atoms with Crippen molar-refractivity contribution in [3.63, 3.8) is 0 Å². The molecule has 142 valence electrons. The molecule has 8 heteroatoms. The minimum Gasteiger partial charge on any atom is -0.493 e. The predicted octanol–water partition coefficient (Wildman–Crippen LogP) is 1.83. The SMILES string of the molecule is COc1ccc([C@@H](CNc2ccc(C(F)(F)F)c[nH+]2)[NH+](C)C)cc1OC. The smallest absolute Gasteiger partial charge is 0.419 e. The molecule has 0 aliphatic carbocycles. The summed E-state index contributed by atoms with van der Waals surface area (Å²) in [4.78, 5) is 3.81. The lowest BCUT2D eigenvalue weighted by Crippen LogP contribution is -3.06. The van der Waals surface area contributed by atoms with Crippen molar-refractivity contribution < 1.29 is 32.5 Å². The van der Waals surface area contributed by atoms with Crippen LogP contribution in [0.3, 0.4) is 0 Å². The molecule has 0 bridgehead atoms. The van der Waals surface area contributed by atoms with Crippen LogP contribution < -0.4 is 24.7 Å². The number of aromatic nitrogens is 1. The van der Waals surface area contributed by atoms with Gasteiger partial charge >= 0.3 is 6.18 Å². The number of halogens is 3. The van der Waals surface area contributed by atoms with E-state index in [1.165, 1.54) is 6.07 Å². The van der Waals surface area contributed by atoms with Crippen molar-refractivity contribution in [3.8, 4) is 11.5 Å². The molecule has 0 unspecified atom stereocenters. The summed E-state index contributed by atoms with van der Waals surface area (Å²) in [5.41, 5.74) is 0.319. The van der Waals surface area contributed by atoms with E-state index in [-0.39, 0.29) is 6.04 Å². The molecule has 0 aliphatic rings. The quantitative estimate of drug-likeness (QED) is 0.781. The van der Waals surface area contributed by atoms with Crippen molar-refractivity contribution >= 4 is 5.82 Å². The Morgan fingerprint density at radius 2 is 1.77 bits per heavy atom. The number of pyridine rings is 1. The highest BCUT2D eigenvalue weighted by Crippen LogP contribution is 2.30. The number of aromatic amines is 1. The van der Waals surface area contributed by atoms with Gasteiger partial charge in [-0.25, -0.2) is 4.98 Å². The molecule has 0 aliphatic heterocycles. The maximum absolute atomic E-state index is 12.6. The van der Waals surface area contributed by atoms with Crippen LogP contribution in [0.25, 0.3) is 0 Å². The van der Waals surface area contributed by atoms with Gasteiger partial charge in [0.15, 0.2) is 17.5 Å². The predicted molar refractivity (Wildman–Crippen MR) is 91.6 cm³/mol. The summed E-state index contributed by atoms with van der Waals surface area (Å²) in [6, 6.07) is 8.21. The molecule has 0 saturated carbocycles. The summed E-state index contributed by atoms with van der Waals surface area (Å²) in [6.07, 6.45) is -3.40. The average Bonchev–Trinajstić information content (AvgIpc) is 2.61. The van der Waals surface area contributed by atoms with Gasteiger partial charge in [-0.05, 0) is 24.3 Å². The number of anilines is 1. The Balaban J connectivity index is 2.14. The van der Waals surface area contributed by atoms with E-state index < -0.39 is 11.7 Å². The highest BCUT2D eigenvalue weighted by molar-refractivity contribution is 5.44. The number of hydrogen-bond acceptors (Lipinski definition) is 3. The zero-order valence-electron chi connectivity index (χ0n) is 15.2. The number of ether oxygens (including phenoxy) is 2. The lowest BCUT2D eigenvalue weighted by Gasteiger charge is -2.21. The first-order chi connectivity index (χ1) is 12.3. The molecule has 26 heavy (non-hydrogen) atoms. The molecule has 0 saturated heterocycles. The van der Waals surface area contributed by atoms with Crippen molar-refractivity contribution in [2.24, 2.45) is 0 Å². The number of hydrogen-bond donors (Lipinski definition) is 2. The molecule has 1 aromatic heterocycles. The molecule has 0 amide bonds. The van der Waals surface area contributed by atoms with Crippen molar-refractivity contribution in [1.82, 2.24) is 0 Å². The molecule has 3 N–H and O–H groups in total. The topological polar surface area (TPSA) is 49.1 Å². The zero-order valence-corrected chi connectivity index (χ0v) is 15.2. The highest BCUT2D eigenvalue weighted by Gasteiger charge is 2.31. The largest absolute Gasteiger partial charge is 0.493 e. The van der Waals surface area contributed by atoms with E-state index in [0.717, 1.165) is 22.7 Å². The summed E-state index contributed by atoms with van der Waals surface area (Å²) in [7, 11) is 7.18. The summed E-state index contributed by atoms with van der Waals surface area (Å²) in [5, 5.41) is 3.15. The number of quaternary nitrogens is 1. The molecule has 5 nitrogen and oxygen atoms in total. The van der Waals surface area contributed by atoms with Gasteiger partial charge in [-0.2, -0.15) is 13.2 Å². The van der Waals surface area contributed by atoms with Gasteiger partial charge in [0.05, 0.1) is 33.9 Å². The van der Waals surface area contributed by atoms with Crippen molar-refractivity contribution in [2.75, 3.05) is 40.2 Å². The second kappa shape index (κ2) is 8.27. The Morgan fingerprint density at radius 3 is 2.27 bits per heavy atom.